The number of halogens is 1. The first-order valence-corrected chi connectivity index (χ1v) is 7.81. The summed E-state index contributed by atoms with van der Waals surface area (Å²) in [5.41, 5.74) is 1.29. The van der Waals surface area contributed by atoms with Gasteiger partial charge in [-0.15, -0.1) is 0 Å². The third-order valence-electron chi connectivity index (χ3n) is 2.87. The van der Waals surface area contributed by atoms with E-state index in [9.17, 15) is 9.59 Å². The van der Waals surface area contributed by atoms with E-state index in [2.05, 4.69) is 15.9 Å². The van der Waals surface area contributed by atoms with Crippen molar-refractivity contribution >= 4 is 33.9 Å². The lowest BCUT2D eigenvalue weighted by molar-refractivity contribution is -0.128. The molecule has 0 aliphatic rings. The fourth-order valence-corrected chi connectivity index (χ4v) is 2.26. The van der Waals surface area contributed by atoms with Crippen molar-refractivity contribution in [2.75, 3.05) is 6.61 Å². The van der Waals surface area contributed by atoms with Gasteiger partial charge in [-0.05, 0) is 52.7 Å². The summed E-state index contributed by atoms with van der Waals surface area (Å²) in [4.78, 5) is 23.5. The van der Waals surface area contributed by atoms with Crippen LogP contribution in [0.4, 0.5) is 0 Å². The lowest BCUT2D eigenvalue weighted by Gasteiger charge is -2.06. The Bertz CT molecular complexity index is 723. The highest BCUT2D eigenvalue weighted by atomic mass is 79.9. The average Bonchev–Trinajstić information content (AvgIpc) is 2.56. The van der Waals surface area contributed by atoms with Crippen LogP contribution in [0.1, 0.15) is 22.8 Å². The van der Waals surface area contributed by atoms with E-state index in [-0.39, 0.29) is 0 Å². The van der Waals surface area contributed by atoms with Crippen molar-refractivity contribution in [3.05, 3.63) is 70.2 Å². The first-order chi connectivity index (χ1) is 11.1. The number of carbonyl (C=O) groups excluding carboxylic acids is 2. The number of carbonyl (C=O) groups is 2. The van der Waals surface area contributed by atoms with Crippen LogP contribution in [0.2, 0.25) is 0 Å². The molecular formula is C18H15BrO4. The summed E-state index contributed by atoms with van der Waals surface area (Å²) in [6.45, 7) is 2.04. The summed E-state index contributed by atoms with van der Waals surface area (Å²) in [5.74, 6) is -0.589. The van der Waals surface area contributed by atoms with Crippen LogP contribution in [0, 0.1) is 0 Å². The number of rotatable bonds is 5. The van der Waals surface area contributed by atoms with E-state index in [1.54, 1.807) is 31.2 Å². The van der Waals surface area contributed by atoms with Gasteiger partial charge in [0.05, 0.1) is 16.6 Å². The molecular weight excluding hydrogens is 360 g/mol. The Morgan fingerprint density at radius 1 is 1.13 bits per heavy atom. The molecule has 0 saturated heterocycles. The molecule has 0 radical (unpaired) electrons. The molecule has 0 aliphatic carbocycles. The van der Waals surface area contributed by atoms with Crippen LogP contribution in [0.15, 0.2) is 59.1 Å². The normalized spacial score (nSPS) is 10.5. The minimum absolute atomic E-state index is 0.303. The Labute approximate surface area is 142 Å². The lowest BCUT2D eigenvalue weighted by atomic mass is 10.2. The molecule has 0 bridgehead atoms. The fraction of sp³-hybridized carbons (Fsp3) is 0.111. The van der Waals surface area contributed by atoms with Gasteiger partial charge in [0.2, 0.25) is 0 Å². The summed E-state index contributed by atoms with van der Waals surface area (Å²) in [6, 6.07) is 14.1. The number of esters is 2. The molecule has 0 heterocycles. The zero-order valence-electron chi connectivity index (χ0n) is 12.5. The van der Waals surface area contributed by atoms with Gasteiger partial charge in [0.1, 0.15) is 5.75 Å². The molecule has 0 aromatic heterocycles. The molecule has 2 aromatic rings. The number of benzene rings is 2. The molecule has 4 nitrogen and oxygen atoms in total. The highest BCUT2D eigenvalue weighted by Gasteiger charge is 2.11. The molecule has 0 N–H and O–H groups in total. The van der Waals surface area contributed by atoms with Crippen LogP contribution in [0.5, 0.6) is 5.75 Å². The molecule has 0 unspecified atom stereocenters. The van der Waals surface area contributed by atoms with Crippen LogP contribution in [-0.4, -0.2) is 18.5 Å². The molecule has 0 aliphatic heterocycles. The highest BCUT2D eigenvalue weighted by Crippen LogP contribution is 2.26. The zero-order valence-corrected chi connectivity index (χ0v) is 14.1. The highest BCUT2D eigenvalue weighted by molar-refractivity contribution is 9.10. The van der Waals surface area contributed by atoms with Gasteiger partial charge in [0, 0.05) is 6.08 Å². The van der Waals surface area contributed by atoms with Crippen molar-refractivity contribution in [1.82, 2.24) is 0 Å². The van der Waals surface area contributed by atoms with Crippen LogP contribution in [0.3, 0.4) is 0 Å². The number of hydrogen-bond donors (Lipinski definition) is 0. The van der Waals surface area contributed by atoms with Crippen molar-refractivity contribution < 1.29 is 19.1 Å². The second-order valence-corrected chi connectivity index (χ2v) is 5.39. The Kier molecular flexibility index (Phi) is 6.11. The van der Waals surface area contributed by atoms with Gasteiger partial charge in [0.15, 0.2) is 0 Å². The third kappa shape index (κ3) is 5.07. The minimum Gasteiger partial charge on any atom is -0.462 e. The summed E-state index contributed by atoms with van der Waals surface area (Å²) < 4.78 is 10.7. The van der Waals surface area contributed by atoms with Gasteiger partial charge in [0.25, 0.3) is 0 Å². The van der Waals surface area contributed by atoms with Crippen molar-refractivity contribution in [3.63, 3.8) is 0 Å². The first-order valence-electron chi connectivity index (χ1n) is 7.01. The van der Waals surface area contributed by atoms with Gasteiger partial charge in [-0.3, -0.25) is 0 Å². The lowest BCUT2D eigenvalue weighted by Crippen LogP contribution is -2.07. The van der Waals surface area contributed by atoms with E-state index in [4.69, 9.17) is 9.47 Å². The summed E-state index contributed by atoms with van der Waals surface area (Å²) >= 11 is 3.28. The second kappa shape index (κ2) is 8.29. The number of hydrogen-bond acceptors (Lipinski definition) is 4. The van der Waals surface area contributed by atoms with E-state index < -0.39 is 11.9 Å². The minimum atomic E-state index is -0.501. The molecule has 0 saturated carbocycles. The smallest absolute Gasteiger partial charge is 0.338 e. The van der Waals surface area contributed by atoms with Gasteiger partial charge in [-0.1, -0.05) is 30.3 Å². The monoisotopic (exact) mass is 374 g/mol. The van der Waals surface area contributed by atoms with Crippen molar-refractivity contribution in [3.8, 4) is 5.75 Å². The van der Waals surface area contributed by atoms with Crippen LogP contribution < -0.4 is 4.74 Å². The van der Waals surface area contributed by atoms with Gasteiger partial charge < -0.3 is 9.47 Å². The maximum atomic E-state index is 11.8. The van der Waals surface area contributed by atoms with E-state index in [1.807, 2.05) is 30.3 Å². The summed E-state index contributed by atoms with van der Waals surface area (Å²) in [6.07, 6.45) is 3.02. The Hall–Kier alpha value is -2.40. The standard InChI is InChI=1S/C18H15BrO4/c1-2-22-18(21)14-9-10-16(15(19)12-14)23-17(20)11-8-13-6-4-3-5-7-13/h3-12H,2H2,1H3. The molecule has 0 fully saturated rings. The second-order valence-electron chi connectivity index (χ2n) is 4.53. The quantitative estimate of drug-likeness (QED) is 0.446. The maximum absolute atomic E-state index is 11.8. The summed E-state index contributed by atoms with van der Waals surface area (Å²) in [5, 5.41) is 0. The molecule has 0 spiro atoms. The summed E-state index contributed by atoms with van der Waals surface area (Å²) in [7, 11) is 0. The SMILES string of the molecule is CCOC(=O)c1ccc(OC(=O)C=Cc2ccccc2)c(Br)c1. The predicted molar refractivity (Wildman–Crippen MR) is 91.2 cm³/mol. The first kappa shape index (κ1) is 17.0. The fourth-order valence-electron chi connectivity index (χ4n) is 1.80. The average molecular weight is 375 g/mol. The van der Waals surface area contributed by atoms with Crippen molar-refractivity contribution in [2.45, 2.75) is 6.92 Å². The number of ether oxygens (including phenoxy) is 2. The van der Waals surface area contributed by atoms with Crippen molar-refractivity contribution in [1.29, 1.82) is 0 Å². The molecule has 118 valence electrons. The Morgan fingerprint density at radius 2 is 1.87 bits per heavy atom. The third-order valence-corrected chi connectivity index (χ3v) is 3.48. The van der Waals surface area contributed by atoms with Gasteiger partial charge in [-0.25, -0.2) is 9.59 Å². The van der Waals surface area contributed by atoms with Crippen LogP contribution >= 0.6 is 15.9 Å². The largest absolute Gasteiger partial charge is 0.462 e. The molecule has 0 atom stereocenters. The van der Waals surface area contributed by atoms with E-state index in [0.29, 0.717) is 22.4 Å². The molecule has 2 rings (SSSR count). The topological polar surface area (TPSA) is 52.6 Å². The van der Waals surface area contributed by atoms with Crippen LogP contribution in [-0.2, 0) is 9.53 Å². The van der Waals surface area contributed by atoms with Gasteiger partial charge in [-0.2, -0.15) is 0 Å². The van der Waals surface area contributed by atoms with E-state index in [0.717, 1.165) is 5.56 Å². The van der Waals surface area contributed by atoms with E-state index >= 15 is 0 Å². The Balaban J connectivity index is 2.04. The zero-order chi connectivity index (χ0) is 16.7. The molecule has 2 aromatic carbocycles. The molecule has 0 amide bonds. The predicted octanol–water partition coefficient (Wildman–Crippen LogP) is 4.24. The molecule has 5 heteroatoms. The van der Waals surface area contributed by atoms with Crippen molar-refractivity contribution in [2.24, 2.45) is 0 Å². The Morgan fingerprint density at radius 3 is 2.52 bits per heavy atom. The maximum Gasteiger partial charge on any atom is 0.338 e. The van der Waals surface area contributed by atoms with E-state index in [1.165, 1.54) is 6.08 Å². The van der Waals surface area contributed by atoms with Crippen LogP contribution in [0.25, 0.3) is 6.08 Å². The van der Waals surface area contributed by atoms with Gasteiger partial charge >= 0.3 is 11.9 Å². The molecule has 23 heavy (non-hydrogen) atoms.